The number of likely N-dealkylation sites (N-methyl/N-ethyl adjacent to an activating group) is 1. The third-order valence-corrected chi connectivity index (χ3v) is 8.40. The van der Waals surface area contributed by atoms with E-state index in [9.17, 15) is 29.4 Å². The van der Waals surface area contributed by atoms with Crippen LogP contribution < -0.4 is 4.74 Å². The third kappa shape index (κ3) is 5.31. The molecule has 3 aliphatic rings. The molecular formula is C29H39NO11. The highest BCUT2D eigenvalue weighted by Gasteiger charge is 2.69. The molecule has 1 fully saturated rings. The summed E-state index contributed by atoms with van der Waals surface area (Å²) >= 11 is 0. The molecule has 4 rings (SSSR count). The third-order valence-electron chi connectivity index (χ3n) is 8.40. The summed E-state index contributed by atoms with van der Waals surface area (Å²) in [7, 11) is 1.93. The molecule has 3 N–H and O–H groups in total. The molecule has 1 spiro atoms. The van der Waals surface area contributed by atoms with E-state index in [0.29, 0.717) is 24.3 Å². The number of rotatable bonds is 8. The standard InChI is InChI=1S/C28H35NO11.CH4/c1-14-6-7-18(13-30)23-22(14)27-10-11-29(5)16(3)28(27,36)9-8-19(24(27)40-23)39-26(35)15(2)37-21(32)12-20(25(33)34)38-17(4)31;/h6-8,15-16,20,24,30,36H,9-13H2,1-5H3,(H,33,34);1H4/t15-,16+,20-,24-,27-,28+;/m0./s1. The maximum absolute atomic E-state index is 13.0. The smallest absolute Gasteiger partial charge is 0.352 e. The lowest BCUT2D eigenvalue weighted by Gasteiger charge is -2.58. The minimum Gasteiger partial charge on any atom is -0.481 e. The van der Waals surface area contributed by atoms with E-state index in [2.05, 4.69) is 9.64 Å². The van der Waals surface area contributed by atoms with Crippen LogP contribution in [0.1, 0.15) is 64.2 Å². The maximum Gasteiger partial charge on any atom is 0.352 e. The summed E-state index contributed by atoms with van der Waals surface area (Å²) in [5.74, 6) is -3.81. The highest BCUT2D eigenvalue weighted by Crippen LogP contribution is 2.61. The lowest BCUT2D eigenvalue weighted by molar-refractivity contribution is -0.175. The quantitative estimate of drug-likeness (QED) is 0.303. The van der Waals surface area contributed by atoms with Gasteiger partial charge < -0.3 is 39.2 Å². The number of aryl methyl sites for hydroxylation is 1. The number of esters is 3. The predicted octanol–water partition coefficient (Wildman–Crippen LogP) is 1.75. The predicted molar refractivity (Wildman–Crippen MR) is 144 cm³/mol. The van der Waals surface area contributed by atoms with Crippen molar-refractivity contribution in [2.45, 2.75) is 96.4 Å². The minimum atomic E-state index is -1.76. The molecule has 226 valence electrons. The van der Waals surface area contributed by atoms with Gasteiger partial charge in [0.1, 0.15) is 11.5 Å². The Labute approximate surface area is 238 Å². The first-order chi connectivity index (χ1) is 18.8. The number of nitrogens with zero attached hydrogens (tertiary/aromatic N) is 1. The molecule has 0 amide bonds. The molecule has 2 heterocycles. The highest BCUT2D eigenvalue weighted by atomic mass is 16.6. The minimum absolute atomic E-state index is 0. The first kappa shape index (κ1) is 32.0. The summed E-state index contributed by atoms with van der Waals surface area (Å²) in [6.07, 6.45) is -2.62. The average Bonchev–Trinajstić information content (AvgIpc) is 3.25. The van der Waals surface area contributed by atoms with E-state index in [1.165, 1.54) is 6.92 Å². The molecule has 0 saturated carbocycles. The van der Waals surface area contributed by atoms with Gasteiger partial charge in [-0.1, -0.05) is 19.6 Å². The van der Waals surface area contributed by atoms with Gasteiger partial charge in [-0.2, -0.15) is 0 Å². The Balaban J connectivity index is 0.00000462. The van der Waals surface area contributed by atoms with Crippen molar-refractivity contribution in [3.63, 3.8) is 0 Å². The van der Waals surface area contributed by atoms with Crippen molar-refractivity contribution in [3.8, 4) is 5.75 Å². The van der Waals surface area contributed by atoms with Crippen LogP contribution in [-0.4, -0.2) is 87.6 Å². The number of carboxylic acid groups (broad SMARTS) is 1. The van der Waals surface area contributed by atoms with Crippen molar-refractivity contribution < 1.29 is 53.4 Å². The van der Waals surface area contributed by atoms with Gasteiger partial charge in [0.05, 0.1) is 24.0 Å². The summed E-state index contributed by atoms with van der Waals surface area (Å²) < 4.78 is 21.8. The van der Waals surface area contributed by atoms with Crippen LogP contribution in [0.25, 0.3) is 0 Å². The Bertz CT molecular complexity index is 1260. The molecule has 12 nitrogen and oxygen atoms in total. The van der Waals surface area contributed by atoms with Crippen molar-refractivity contribution in [1.29, 1.82) is 0 Å². The number of carboxylic acids is 1. The molecular weight excluding hydrogens is 538 g/mol. The molecule has 0 unspecified atom stereocenters. The van der Waals surface area contributed by atoms with Gasteiger partial charge in [0.2, 0.25) is 6.10 Å². The average molecular weight is 578 g/mol. The SMILES string of the molecule is C.CC(=O)O[C@@H](CC(=O)O[C@@H](C)C(=O)OC1=CC[C@@]2(O)[C@@H](C)N(C)CC[C@@]23c2c(C)ccc(CO)c2O[C@@H]13)C(=O)O. The van der Waals surface area contributed by atoms with Gasteiger partial charge >= 0.3 is 23.9 Å². The van der Waals surface area contributed by atoms with Crippen LogP contribution in [0.15, 0.2) is 24.0 Å². The Morgan fingerprint density at radius 3 is 2.51 bits per heavy atom. The summed E-state index contributed by atoms with van der Waals surface area (Å²) in [5, 5.41) is 31.5. The molecule has 41 heavy (non-hydrogen) atoms. The number of hydrogen-bond acceptors (Lipinski definition) is 11. The van der Waals surface area contributed by atoms with Gasteiger partial charge in [0.15, 0.2) is 12.2 Å². The van der Waals surface area contributed by atoms with Gasteiger partial charge in [0.25, 0.3) is 0 Å². The molecule has 1 saturated heterocycles. The van der Waals surface area contributed by atoms with Crippen LogP contribution in [0.4, 0.5) is 0 Å². The summed E-state index contributed by atoms with van der Waals surface area (Å²) in [4.78, 5) is 49.8. The van der Waals surface area contributed by atoms with Gasteiger partial charge in [-0.3, -0.25) is 9.59 Å². The van der Waals surface area contributed by atoms with E-state index in [4.69, 9.17) is 19.3 Å². The molecule has 12 heteroatoms. The zero-order chi connectivity index (χ0) is 29.6. The normalized spacial score (nSPS) is 27.8. The fourth-order valence-corrected chi connectivity index (χ4v) is 6.22. The number of benzene rings is 1. The van der Waals surface area contributed by atoms with Crippen LogP contribution in [-0.2, 0) is 45.4 Å². The number of carbonyl (C=O) groups is 4. The number of hydrogen-bond donors (Lipinski definition) is 3. The lowest BCUT2D eigenvalue weighted by atomic mass is 9.54. The van der Waals surface area contributed by atoms with E-state index in [0.717, 1.165) is 18.1 Å². The number of fused-ring (bicyclic) bond motifs is 1. The van der Waals surface area contributed by atoms with Crippen molar-refractivity contribution in [1.82, 2.24) is 4.90 Å². The Morgan fingerprint density at radius 1 is 1.22 bits per heavy atom. The van der Waals surface area contributed by atoms with Gasteiger partial charge in [0, 0.05) is 30.5 Å². The summed E-state index contributed by atoms with van der Waals surface area (Å²) in [6, 6.07) is 3.36. The fraction of sp³-hybridized carbons (Fsp3) is 0.586. The fourth-order valence-electron chi connectivity index (χ4n) is 6.22. The first-order valence-corrected chi connectivity index (χ1v) is 13.1. The zero-order valence-electron chi connectivity index (χ0n) is 23.1. The number of carbonyl (C=O) groups excluding carboxylic acids is 3. The van der Waals surface area contributed by atoms with Crippen LogP contribution >= 0.6 is 0 Å². The number of ether oxygens (including phenoxy) is 4. The van der Waals surface area contributed by atoms with Gasteiger partial charge in [-0.05, 0) is 52.4 Å². The molecule has 1 aromatic carbocycles. The van der Waals surface area contributed by atoms with E-state index in [-0.39, 0.29) is 32.3 Å². The second kappa shape index (κ2) is 11.8. The largest absolute Gasteiger partial charge is 0.481 e. The number of aliphatic hydroxyl groups is 2. The van der Waals surface area contributed by atoms with E-state index < -0.39 is 59.6 Å². The van der Waals surface area contributed by atoms with Crippen molar-refractivity contribution in [3.05, 3.63) is 40.7 Å². The number of aliphatic carboxylic acids is 1. The molecule has 6 atom stereocenters. The van der Waals surface area contributed by atoms with E-state index >= 15 is 0 Å². The first-order valence-electron chi connectivity index (χ1n) is 13.1. The second-order valence-electron chi connectivity index (χ2n) is 10.7. The zero-order valence-corrected chi connectivity index (χ0v) is 23.1. The van der Waals surface area contributed by atoms with Crippen molar-refractivity contribution in [2.24, 2.45) is 0 Å². The van der Waals surface area contributed by atoms with E-state index in [1.54, 1.807) is 12.1 Å². The van der Waals surface area contributed by atoms with E-state index in [1.807, 2.05) is 27.0 Å². The summed E-state index contributed by atoms with van der Waals surface area (Å²) in [6.45, 7) is 6.48. The van der Waals surface area contributed by atoms with Crippen molar-refractivity contribution in [2.75, 3.05) is 13.6 Å². The molecule has 1 aliphatic carbocycles. The van der Waals surface area contributed by atoms with Crippen LogP contribution in [0.5, 0.6) is 5.75 Å². The van der Waals surface area contributed by atoms with Gasteiger partial charge in [-0.25, -0.2) is 9.59 Å². The number of piperidine rings is 1. The molecule has 1 aromatic rings. The highest BCUT2D eigenvalue weighted by molar-refractivity contribution is 5.85. The summed E-state index contributed by atoms with van der Waals surface area (Å²) in [5.41, 5.74) is -0.0666. The van der Waals surface area contributed by atoms with Crippen molar-refractivity contribution >= 4 is 23.9 Å². The molecule has 2 aliphatic heterocycles. The number of likely N-dealkylation sites (tertiary alicyclic amines) is 1. The lowest BCUT2D eigenvalue weighted by Crippen LogP contribution is -2.71. The topological polar surface area (TPSA) is 169 Å². The Kier molecular flexibility index (Phi) is 9.21. The van der Waals surface area contributed by atoms with Crippen LogP contribution in [0, 0.1) is 6.92 Å². The maximum atomic E-state index is 13.0. The second-order valence-corrected chi connectivity index (χ2v) is 10.7. The molecule has 0 radical (unpaired) electrons. The Morgan fingerprint density at radius 2 is 1.90 bits per heavy atom. The molecule has 0 bridgehead atoms. The number of aliphatic hydroxyl groups excluding tert-OH is 1. The van der Waals surface area contributed by atoms with Crippen LogP contribution in [0.3, 0.4) is 0 Å². The molecule has 0 aromatic heterocycles. The van der Waals surface area contributed by atoms with Crippen LogP contribution in [0.2, 0.25) is 0 Å². The monoisotopic (exact) mass is 577 g/mol. The van der Waals surface area contributed by atoms with Gasteiger partial charge in [-0.15, -0.1) is 0 Å². The Hall–Kier alpha value is -3.48.